The van der Waals surface area contributed by atoms with Gasteiger partial charge in [0.05, 0.1) is 0 Å². The van der Waals surface area contributed by atoms with Gasteiger partial charge in [0, 0.05) is 51.7 Å². The molecule has 0 radical (unpaired) electrons. The molecule has 2 rings (SSSR count). The van der Waals surface area contributed by atoms with E-state index in [9.17, 15) is 4.79 Å². The van der Waals surface area contributed by atoms with E-state index in [0.717, 1.165) is 38.4 Å². The van der Waals surface area contributed by atoms with Gasteiger partial charge in [-0.2, -0.15) is 0 Å². The largest absolute Gasteiger partial charge is 0.355 e. The Labute approximate surface area is 187 Å². The lowest BCUT2D eigenvalue weighted by Crippen LogP contribution is -2.49. The normalized spacial score (nSPS) is 15.8. The van der Waals surface area contributed by atoms with Crippen molar-refractivity contribution in [2.24, 2.45) is 10.9 Å². The summed E-state index contributed by atoms with van der Waals surface area (Å²) in [5.41, 5.74) is 2.79. The topological polar surface area (TPSA) is 68.8 Å². The first-order valence-electron chi connectivity index (χ1n) is 10.0. The van der Waals surface area contributed by atoms with Gasteiger partial charge in [0.15, 0.2) is 5.96 Å². The van der Waals surface area contributed by atoms with Crippen LogP contribution in [-0.4, -0.2) is 56.0 Å². The molecule has 7 heteroatoms. The van der Waals surface area contributed by atoms with Gasteiger partial charge in [-0.3, -0.25) is 14.7 Å². The minimum absolute atomic E-state index is 0. The first-order valence-corrected chi connectivity index (χ1v) is 10.0. The Morgan fingerprint density at radius 2 is 1.82 bits per heavy atom. The summed E-state index contributed by atoms with van der Waals surface area (Å²) >= 11 is 0. The molecule has 1 amide bonds. The van der Waals surface area contributed by atoms with Crippen LogP contribution in [0, 0.1) is 12.8 Å². The summed E-state index contributed by atoms with van der Waals surface area (Å²) in [6.45, 7) is 10.5. The highest BCUT2D eigenvalue weighted by molar-refractivity contribution is 14.0. The van der Waals surface area contributed by atoms with Crippen LogP contribution in [0.3, 0.4) is 0 Å². The number of likely N-dealkylation sites (tertiary alicyclic amines) is 1. The molecule has 1 heterocycles. The van der Waals surface area contributed by atoms with E-state index in [1.807, 2.05) is 13.8 Å². The minimum Gasteiger partial charge on any atom is -0.355 e. The molecule has 0 atom stereocenters. The third kappa shape index (κ3) is 8.34. The van der Waals surface area contributed by atoms with Gasteiger partial charge in [-0.15, -0.1) is 24.0 Å². The summed E-state index contributed by atoms with van der Waals surface area (Å²) in [4.78, 5) is 18.4. The molecule has 1 saturated heterocycles. The Balaban J connectivity index is 0.00000392. The molecule has 1 aromatic carbocycles. The Morgan fingerprint density at radius 1 is 1.18 bits per heavy atom. The van der Waals surface area contributed by atoms with E-state index in [-0.39, 0.29) is 35.8 Å². The van der Waals surface area contributed by atoms with Crippen LogP contribution in [-0.2, 0) is 11.3 Å². The van der Waals surface area contributed by atoms with Crippen molar-refractivity contribution in [1.82, 2.24) is 20.9 Å². The third-order valence-corrected chi connectivity index (χ3v) is 5.05. The van der Waals surface area contributed by atoms with Crippen molar-refractivity contribution >= 4 is 35.8 Å². The van der Waals surface area contributed by atoms with Crippen LogP contribution in [0.1, 0.15) is 37.8 Å². The fourth-order valence-corrected chi connectivity index (χ4v) is 3.22. The van der Waals surface area contributed by atoms with Crippen LogP contribution in [0.4, 0.5) is 0 Å². The van der Waals surface area contributed by atoms with Crippen LogP contribution in [0.2, 0.25) is 0 Å². The highest BCUT2D eigenvalue weighted by atomic mass is 127. The van der Waals surface area contributed by atoms with Crippen molar-refractivity contribution in [3.8, 4) is 0 Å². The van der Waals surface area contributed by atoms with E-state index in [0.29, 0.717) is 19.1 Å². The standard InChI is InChI=1S/C21H35N5O.HI/c1-16(2)20(27)23-11-12-24-21(22-4)25-19-9-13-26(14-10-19)15-18-8-6-5-7-17(18)3;/h5-8,16,19H,9-15H2,1-4H3,(H,23,27)(H2,22,24,25);1H. The molecule has 6 nitrogen and oxygen atoms in total. The summed E-state index contributed by atoms with van der Waals surface area (Å²) in [7, 11) is 1.79. The van der Waals surface area contributed by atoms with Crippen LogP contribution >= 0.6 is 24.0 Å². The number of halogens is 1. The quantitative estimate of drug-likeness (QED) is 0.233. The van der Waals surface area contributed by atoms with Crippen LogP contribution in [0.5, 0.6) is 0 Å². The van der Waals surface area contributed by atoms with Crippen molar-refractivity contribution in [1.29, 1.82) is 0 Å². The van der Waals surface area contributed by atoms with Gasteiger partial charge >= 0.3 is 0 Å². The molecule has 3 N–H and O–H groups in total. The number of hydrogen-bond acceptors (Lipinski definition) is 3. The van der Waals surface area contributed by atoms with Crippen molar-refractivity contribution in [3.63, 3.8) is 0 Å². The van der Waals surface area contributed by atoms with Gasteiger partial charge in [-0.25, -0.2) is 0 Å². The molecule has 1 aromatic rings. The molecule has 28 heavy (non-hydrogen) atoms. The molecule has 0 spiro atoms. The number of guanidine groups is 1. The number of aliphatic imine (C=N–C) groups is 1. The number of aryl methyl sites for hydroxylation is 1. The fourth-order valence-electron chi connectivity index (χ4n) is 3.22. The molecule has 0 bridgehead atoms. The smallest absolute Gasteiger partial charge is 0.222 e. The molecule has 0 saturated carbocycles. The van der Waals surface area contributed by atoms with E-state index in [1.54, 1.807) is 7.05 Å². The lowest BCUT2D eigenvalue weighted by atomic mass is 10.0. The lowest BCUT2D eigenvalue weighted by molar-refractivity contribution is -0.123. The second-order valence-corrected chi connectivity index (χ2v) is 7.57. The van der Waals surface area contributed by atoms with Crippen LogP contribution in [0.15, 0.2) is 29.3 Å². The number of nitrogens with zero attached hydrogens (tertiary/aromatic N) is 2. The van der Waals surface area contributed by atoms with E-state index in [4.69, 9.17) is 0 Å². The van der Waals surface area contributed by atoms with E-state index < -0.39 is 0 Å². The molecule has 0 aromatic heterocycles. The van der Waals surface area contributed by atoms with Crippen molar-refractivity contribution < 1.29 is 4.79 Å². The molecule has 0 aliphatic carbocycles. The predicted octanol–water partition coefficient (Wildman–Crippen LogP) is 2.51. The number of amides is 1. The number of nitrogens with one attached hydrogen (secondary N) is 3. The third-order valence-electron chi connectivity index (χ3n) is 5.05. The Bertz CT molecular complexity index is 627. The zero-order valence-corrected chi connectivity index (χ0v) is 20.0. The van der Waals surface area contributed by atoms with Gasteiger partial charge in [0.2, 0.25) is 5.91 Å². The minimum atomic E-state index is 0. The summed E-state index contributed by atoms with van der Waals surface area (Å²) in [6.07, 6.45) is 2.22. The van der Waals surface area contributed by atoms with Crippen molar-refractivity contribution in [3.05, 3.63) is 35.4 Å². The second-order valence-electron chi connectivity index (χ2n) is 7.57. The highest BCUT2D eigenvalue weighted by Crippen LogP contribution is 2.16. The number of hydrogen-bond donors (Lipinski definition) is 3. The molecular formula is C21H36IN5O. The fraction of sp³-hybridized carbons (Fsp3) is 0.619. The van der Waals surface area contributed by atoms with Crippen molar-refractivity contribution in [2.45, 2.75) is 46.2 Å². The number of piperidine rings is 1. The van der Waals surface area contributed by atoms with E-state index in [2.05, 4.69) is 57.0 Å². The number of carbonyl (C=O) groups is 1. The lowest BCUT2D eigenvalue weighted by Gasteiger charge is -2.33. The first-order chi connectivity index (χ1) is 13.0. The zero-order valence-electron chi connectivity index (χ0n) is 17.6. The van der Waals surface area contributed by atoms with Crippen LogP contribution in [0.25, 0.3) is 0 Å². The highest BCUT2D eigenvalue weighted by Gasteiger charge is 2.20. The zero-order chi connectivity index (χ0) is 19.6. The van der Waals surface area contributed by atoms with Gasteiger partial charge in [0.1, 0.15) is 0 Å². The van der Waals surface area contributed by atoms with Gasteiger partial charge in [-0.1, -0.05) is 38.1 Å². The monoisotopic (exact) mass is 501 g/mol. The summed E-state index contributed by atoms with van der Waals surface area (Å²) < 4.78 is 0. The van der Waals surface area contributed by atoms with E-state index >= 15 is 0 Å². The Kier molecular flexibility index (Phi) is 11.4. The number of benzene rings is 1. The van der Waals surface area contributed by atoms with Crippen molar-refractivity contribution in [2.75, 3.05) is 33.2 Å². The summed E-state index contributed by atoms with van der Waals surface area (Å²) in [5, 5.41) is 9.70. The maximum absolute atomic E-state index is 11.6. The maximum atomic E-state index is 11.6. The maximum Gasteiger partial charge on any atom is 0.222 e. The van der Waals surface area contributed by atoms with Gasteiger partial charge < -0.3 is 16.0 Å². The Morgan fingerprint density at radius 3 is 2.43 bits per heavy atom. The predicted molar refractivity (Wildman–Crippen MR) is 127 cm³/mol. The summed E-state index contributed by atoms with van der Waals surface area (Å²) in [6, 6.07) is 9.07. The SMILES string of the molecule is CN=C(NCCNC(=O)C(C)C)NC1CCN(Cc2ccccc2C)CC1.I. The van der Waals surface area contributed by atoms with E-state index in [1.165, 1.54) is 11.1 Å². The number of rotatable bonds is 7. The molecule has 1 fully saturated rings. The second kappa shape index (κ2) is 13.0. The average Bonchev–Trinajstić information content (AvgIpc) is 2.67. The number of carbonyl (C=O) groups excluding carboxylic acids is 1. The average molecular weight is 501 g/mol. The van der Waals surface area contributed by atoms with Gasteiger partial charge in [-0.05, 0) is 30.9 Å². The summed E-state index contributed by atoms with van der Waals surface area (Å²) in [5.74, 6) is 0.916. The molecule has 1 aliphatic heterocycles. The molecule has 1 aliphatic rings. The first kappa shape index (κ1) is 24.7. The Hall–Kier alpha value is -1.35. The molecule has 0 unspecified atom stereocenters. The van der Waals surface area contributed by atoms with Gasteiger partial charge in [0.25, 0.3) is 0 Å². The molecular weight excluding hydrogens is 465 g/mol. The van der Waals surface area contributed by atoms with Crippen LogP contribution < -0.4 is 16.0 Å². The molecule has 158 valence electrons.